The van der Waals surface area contributed by atoms with Crippen LogP contribution in [0.4, 0.5) is 0 Å². The summed E-state index contributed by atoms with van der Waals surface area (Å²) in [6, 6.07) is 0. The molecule has 0 aromatic rings. The summed E-state index contributed by atoms with van der Waals surface area (Å²) in [5, 5.41) is 10.0. The Morgan fingerprint density at radius 1 is 1.33 bits per heavy atom. The number of ketones is 1. The summed E-state index contributed by atoms with van der Waals surface area (Å²) in [5.41, 5.74) is 0. The number of aliphatic hydroxyl groups is 1. The fraction of sp³-hybridized carbons (Fsp3) is 0.923. The van der Waals surface area contributed by atoms with Crippen molar-refractivity contribution in [2.45, 2.75) is 52.1 Å². The molecule has 2 heteroatoms. The SMILES string of the molecule is CC(C)[C@@H]1C[C@H](O)[C@@H]2C(=O)CCCC[C@@H]21. The molecule has 0 spiro atoms. The van der Waals surface area contributed by atoms with Gasteiger partial charge in [-0.2, -0.15) is 0 Å². The molecule has 2 nitrogen and oxygen atoms in total. The van der Waals surface area contributed by atoms with Crippen molar-refractivity contribution in [3.05, 3.63) is 0 Å². The highest BCUT2D eigenvalue weighted by molar-refractivity contribution is 5.82. The van der Waals surface area contributed by atoms with E-state index in [-0.39, 0.29) is 12.0 Å². The van der Waals surface area contributed by atoms with Crippen LogP contribution in [0.5, 0.6) is 0 Å². The first-order chi connectivity index (χ1) is 7.11. The van der Waals surface area contributed by atoms with E-state index in [9.17, 15) is 9.90 Å². The summed E-state index contributed by atoms with van der Waals surface area (Å²) in [7, 11) is 0. The summed E-state index contributed by atoms with van der Waals surface area (Å²) in [4.78, 5) is 11.9. The van der Waals surface area contributed by atoms with Crippen molar-refractivity contribution in [1.82, 2.24) is 0 Å². The quantitative estimate of drug-likeness (QED) is 0.721. The molecule has 86 valence electrons. The van der Waals surface area contributed by atoms with Crippen LogP contribution in [0.15, 0.2) is 0 Å². The van der Waals surface area contributed by atoms with Crippen molar-refractivity contribution < 1.29 is 9.90 Å². The maximum Gasteiger partial charge on any atom is 0.138 e. The van der Waals surface area contributed by atoms with E-state index in [0.717, 1.165) is 19.3 Å². The minimum absolute atomic E-state index is 0.0279. The topological polar surface area (TPSA) is 37.3 Å². The van der Waals surface area contributed by atoms with Crippen LogP contribution in [0, 0.1) is 23.7 Å². The summed E-state index contributed by atoms with van der Waals surface area (Å²) in [6.45, 7) is 4.43. The molecule has 0 aliphatic heterocycles. The van der Waals surface area contributed by atoms with Crippen molar-refractivity contribution in [2.24, 2.45) is 23.7 Å². The van der Waals surface area contributed by atoms with Crippen LogP contribution in [0.1, 0.15) is 46.0 Å². The van der Waals surface area contributed by atoms with Gasteiger partial charge in [0.2, 0.25) is 0 Å². The predicted molar refractivity (Wildman–Crippen MR) is 59.4 cm³/mol. The van der Waals surface area contributed by atoms with Crippen molar-refractivity contribution >= 4 is 5.78 Å². The van der Waals surface area contributed by atoms with Gasteiger partial charge in [0, 0.05) is 12.3 Å². The molecule has 2 aliphatic carbocycles. The summed E-state index contributed by atoms with van der Waals surface area (Å²) < 4.78 is 0. The van der Waals surface area contributed by atoms with E-state index in [4.69, 9.17) is 0 Å². The van der Waals surface area contributed by atoms with Crippen LogP contribution in [0.3, 0.4) is 0 Å². The van der Waals surface area contributed by atoms with Gasteiger partial charge < -0.3 is 5.11 Å². The van der Waals surface area contributed by atoms with Gasteiger partial charge in [-0.25, -0.2) is 0 Å². The van der Waals surface area contributed by atoms with Crippen molar-refractivity contribution in [1.29, 1.82) is 0 Å². The number of carbonyl (C=O) groups excluding carboxylic acids is 1. The molecule has 0 saturated heterocycles. The first kappa shape index (κ1) is 11.1. The zero-order valence-electron chi connectivity index (χ0n) is 9.78. The largest absolute Gasteiger partial charge is 0.392 e. The lowest BCUT2D eigenvalue weighted by molar-refractivity contribution is -0.126. The number of Topliss-reactive ketones (excluding diaryl/α,β-unsaturated/α-hetero) is 1. The zero-order chi connectivity index (χ0) is 11.0. The van der Waals surface area contributed by atoms with Gasteiger partial charge in [-0.1, -0.05) is 20.3 Å². The molecule has 0 aromatic heterocycles. The molecule has 2 rings (SSSR count). The predicted octanol–water partition coefficient (Wildman–Crippen LogP) is 2.40. The number of rotatable bonds is 1. The average molecular weight is 210 g/mol. The van der Waals surface area contributed by atoms with Crippen LogP contribution in [-0.2, 0) is 4.79 Å². The Kier molecular flexibility index (Phi) is 3.15. The molecule has 0 radical (unpaired) electrons. The second kappa shape index (κ2) is 4.25. The Labute approximate surface area is 92.1 Å². The molecular formula is C13H22O2. The lowest BCUT2D eigenvalue weighted by Gasteiger charge is -2.24. The molecule has 2 aliphatic rings. The molecule has 0 unspecified atom stereocenters. The van der Waals surface area contributed by atoms with Gasteiger partial charge in [0.25, 0.3) is 0 Å². The van der Waals surface area contributed by atoms with Crippen LogP contribution < -0.4 is 0 Å². The second-order valence-electron chi connectivity index (χ2n) is 5.61. The molecular weight excluding hydrogens is 188 g/mol. The summed E-state index contributed by atoms with van der Waals surface area (Å²) in [5.74, 6) is 1.93. The number of hydrogen-bond donors (Lipinski definition) is 1. The van der Waals surface area contributed by atoms with Gasteiger partial charge in [0.1, 0.15) is 5.78 Å². The number of hydrogen-bond acceptors (Lipinski definition) is 2. The van der Waals surface area contributed by atoms with Crippen molar-refractivity contribution in [3.63, 3.8) is 0 Å². The van der Waals surface area contributed by atoms with E-state index >= 15 is 0 Å². The fourth-order valence-electron chi connectivity index (χ4n) is 3.61. The third-order valence-electron chi connectivity index (χ3n) is 4.38. The molecule has 15 heavy (non-hydrogen) atoms. The molecule has 2 fully saturated rings. The third-order valence-corrected chi connectivity index (χ3v) is 4.38. The first-order valence-corrected chi connectivity index (χ1v) is 6.32. The monoisotopic (exact) mass is 210 g/mol. The third kappa shape index (κ3) is 1.96. The Hall–Kier alpha value is -0.370. The highest BCUT2D eigenvalue weighted by Crippen LogP contribution is 2.46. The van der Waals surface area contributed by atoms with Gasteiger partial charge in [-0.3, -0.25) is 4.79 Å². The maximum absolute atomic E-state index is 11.9. The first-order valence-electron chi connectivity index (χ1n) is 6.32. The molecule has 0 amide bonds. The second-order valence-corrected chi connectivity index (χ2v) is 5.61. The maximum atomic E-state index is 11.9. The Bertz CT molecular complexity index is 247. The Balaban J connectivity index is 2.20. The highest BCUT2D eigenvalue weighted by Gasteiger charge is 2.47. The van der Waals surface area contributed by atoms with Crippen LogP contribution in [-0.4, -0.2) is 17.0 Å². The fourth-order valence-corrected chi connectivity index (χ4v) is 3.61. The van der Waals surface area contributed by atoms with Crippen LogP contribution >= 0.6 is 0 Å². The summed E-state index contributed by atoms with van der Waals surface area (Å²) in [6.07, 6.45) is 4.54. The smallest absolute Gasteiger partial charge is 0.138 e. The van der Waals surface area contributed by atoms with Gasteiger partial charge >= 0.3 is 0 Å². The van der Waals surface area contributed by atoms with E-state index in [2.05, 4.69) is 13.8 Å². The molecule has 4 atom stereocenters. The summed E-state index contributed by atoms with van der Waals surface area (Å²) >= 11 is 0. The van der Waals surface area contributed by atoms with Crippen LogP contribution in [0.25, 0.3) is 0 Å². The molecule has 0 heterocycles. The number of fused-ring (bicyclic) bond motifs is 1. The molecule has 1 N–H and O–H groups in total. The van der Waals surface area contributed by atoms with Crippen LogP contribution in [0.2, 0.25) is 0 Å². The van der Waals surface area contributed by atoms with Gasteiger partial charge in [-0.05, 0) is 37.0 Å². The minimum Gasteiger partial charge on any atom is -0.392 e. The molecule has 2 saturated carbocycles. The van der Waals surface area contributed by atoms with Crippen molar-refractivity contribution in [3.8, 4) is 0 Å². The van der Waals surface area contributed by atoms with E-state index in [1.54, 1.807) is 0 Å². The van der Waals surface area contributed by atoms with Gasteiger partial charge in [-0.15, -0.1) is 0 Å². The van der Waals surface area contributed by atoms with Gasteiger partial charge in [0.05, 0.1) is 6.10 Å². The van der Waals surface area contributed by atoms with Crippen molar-refractivity contribution in [2.75, 3.05) is 0 Å². The minimum atomic E-state index is -0.354. The average Bonchev–Trinajstić information content (AvgIpc) is 2.37. The lowest BCUT2D eigenvalue weighted by Crippen LogP contribution is -2.27. The molecule has 0 aromatic carbocycles. The number of aliphatic hydroxyl groups excluding tert-OH is 1. The Morgan fingerprint density at radius 3 is 2.73 bits per heavy atom. The normalized spacial score (nSPS) is 41.7. The highest BCUT2D eigenvalue weighted by atomic mass is 16.3. The van der Waals surface area contributed by atoms with E-state index < -0.39 is 0 Å². The zero-order valence-corrected chi connectivity index (χ0v) is 9.78. The Morgan fingerprint density at radius 2 is 2.07 bits per heavy atom. The van der Waals surface area contributed by atoms with E-state index in [1.165, 1.54) is 6.42 Å². The standard InChI is InChI=1S/C13H22O2/c1-8(2)10-7-12(15)13-9(10)5-3-4-6-11(13)14/h8-10,12-13,15H,3-7H2,1-2H3/t9-,10+,12+,13+/m1/s1. The number of carbonyl (C=O) groups is 1. The van der Waals surface area contributed by atoms with E-state index in [1.807, 2.05) is 0 Å². The molecule has 0 bridgehead atoms. The van der Waals surface area contributed by atoms with Gasteiger partial charge in [0.15, 0.2) is 0 Å². The lowest BCUT2D eigenvalue weighted by atomic mass is 9.80. The van der Waals surface area contributed by atoms with E-state index in [0.29, 0.717) is 30.0 Å².